The second-order valence-corrected chi connectivity index (χ2v) is 5.71. The molecule has 1 N–H and O–H groups in total. The monoisotopic (exact) mass is 339 g/mol. The first kappa shape index (κ1) is 15.6. The van der Waals surface area contributed by atoms with Gasteiger partial charge in [0.1, 0.15) is 5.65 Å². The minimum atomic E-state index is -0.288. The molecule has 4 heterocycles. The fourth-order valence-corrected chi connectivity index (χ4v) is 2.77. The van der Waals surface area contributed by atoms with Crippen LogP contribution >= 0.6 is 0 Å². The molecule has 0 aliphatic rings. The van der Waals surface area contributed by atoms with Crippen LogP contribution in [0.3, 0.4) is 0 Å². The van der Waals surface area contributed by atoms with Gasteiger partial charge in [0.2, 0.25) is 0 Å². The summed E-state index contributed by atoms with van der Waals surface area (Å²) in [6.45, 7) is 0. The van der Waals surface area contributed by atoms with E-state index in [1.54, 1.807) is 29.5 Å². The van der Waals surface area contributed by atoms with Crippen LogP contribution in [0.15, 0.2) is 49.3 Å². The Kier molecular flexibility index (Phi) is 3.89. The van der Waals surface area contributed by atoms with Gasteiger partial charge in [0, 0.05) is 41.9 Å². The molecule has 4 aromatic heterocycles. The maximum atomic E-state index is 9.22. The van der Waals surface area contributed by atoms with E-state index in [0.29, 0.717) is 11.4 Å². The predicted octanol–water partition coefficient (Wildman–Crippen LogP) is 2.70. The van der Waals surface area contributed by atoms with Gasteiger partial charge < -0.3 is 4.98 Å². The Bertz CT molecular complexity index is 1160. The Morgan fingerprint density at radius 2 is 2.19 bits per heavy atom. The van der Waals surface area contributed by atoms with E-state index in [-0.39, 0.29) is 12.5 Å². The van der Waals surface area contributed by atoms with E-state index in [2.05, 4.69) is 37.0 Å². The third-order valence-corrected chi connectivity index (χ3v) is 4.07. The predicted molar refractivity (Wildman–Crippen MR) is 95.7 cm³/mol. The molecule has 0 radical (unpaired) electrons. The molecule has 7 nitrogen and oxygen atoms in total. The zero-order chi connectivity index (χ0) is 17.9. The Labute approximate surface area is 149 Å². The lowest BCUT2D eigenvalue weighted by Crippen LogP contribution is -2.11. The summed E-state index contributed by atoms with van der Waals surface area (Å²) >= 11 is 0. The summed E-state index contributed by atoms with van der Waals surface area (Å²) < 4.78 is 1.72. The molecule has 26 heavy (non-hydrogen) atoms. The van der Waals surface area contributed by atoms with Crippen molar-refractivity contribution in [3.05, 3.63) is 60.4 Å². The first-order valence-electron chi connectivity index (χ1n) is 7.91. The maximum Gasteiger partial charge on any atom is 0.164 e. The van der Waals surface area contributed by atoms with Gasteiger partial charge in [0.15, 0.2) is 5.82 Å². The summed E-state index contributed by atoms with van der Waals surface area (Å²) in [6.07, 6.45) is 16.1. The summed E-state index contributed by atoms with van der Waals surface area (Å²) in [5, 5.41) is 14.6. The maximum absolute atomic E-state index is 9.22. The molecule has 1 atom stereocenters. The topological polar surface area (TPSA) is 96.1 Å². The van der Waals surface area contributed by atoms with Gasteiger partial charge in [0.25, 0.3) is 0 Å². The molecule has 0 saturated heterocycles. The van der Waals surface area contributed by atoms with Gasteiger partial charge in [-0.15, -0.1) is 6.42 Å². The lowest BCUT2D eigenvalue weighted by atomic mass is 10.1. The number of fused-ring (bicyclic) bond motifs is 1. The molecule has 4 rings (SSSR count). The number of pyridine rings is 1. The van der Waals surface area contributed by atoms with Crippen LogP contribution in [0.25, 0.3) is 22.4 Å². The normalized spacial score (nSPS) is 11.8. The highest BCUT2D eigenvalue weighted by Gasteiger charge is 2.17. The highest BCUT2D eigenvalue weighted by atomic mass is 15.3. The largest absolute Gasteiger partial charge is 0.346 e. The fourth-order valence-electron chi connectivity index (χ4n) is 2.77. The number of aromatic amines is 1. The molecular formula is C19H13N7. The minimum absolute atomic E-state index is 0.243. The molecule has 0 fully saturated rings. The molecule has 0 aliphatic heterocycles. The highest BCUT2D eigenvalue weighted by Crippen LogP contribution is 2.24. The van der Waals surface area contributed by atoms with E-state index in [9.17, 15) is 5.26 Å². The van der Waals surface area contributed by atoms with Crippen molar-refractivity contribution < 1.29 is 0 Å². The van der Waals surface area contributed by atoms with E-state index in [0.717, 1.165) is 22.2 Å². The van der Waals surface area contributed by atoms with Crippen LogP contribution < -0.4 is 0 Å². The van der Waals surface area contributed by atoms with Crippen molar-refractivity contribution in [1.82, 2.24) is 29.7 Å². The molecule has 124 valence electrons. The molecular weight excluding hydrogens is 326 g/mol. The van der Waals surface area contributed by atoms with Crippen molar-refractivity contribution in [3.8, 4) is 29.8 Å². The standard InChI is InChI=1S/C19H13N7/c1-2-13-7-15(9-21-8-13)17(3-5-20)26-12-16(11-24-26)19-23-10-14-4-6-22-18(14)25-19/h1,4,6-12,17H,3H2,(H,22,23,25). The molecule has 0 spiro atoms. The van der Waals surface area contributed by atoms with Gasteiger partial charge in [-0.3, -0.25) is 9.67 Å². The summed E-state index contributed by atoms with van der Waals surface area (Å²) in [5.74, 6) is 3.13. The number of nitrogens with one attached hydrogen (secondary N) is 1. The van der Waals surface area contributed by atoms with Crippen LogP contribution in [0, 0.1) is 23.7 Å². The molecule has 0 amide bonds. The number of terminal acetylenes is 1. The van der Waals surface area contributed by atoms with Crippen molar-refractivity contribution in [3.63, 3.8) is 0 Å². The third-order valence-electron chi connectivity index (χ3n) is 4.07. The van der Waals surface area contributed by atoms with Gasteiger partial charge in [-0.05, 0) is 17.7 Å². The van der Waals surface area contributed by atoms with E-state index in [1.807, 2.05) is 24.5 Å². The smallest absolute Gasteiger partial charge is 0.164 e. The number of H-pyrrole nitrogens is 1. The van der Waals surface area contributed by atoms with E-state index in [1.165, 1.54) is 0 Å². The first-order chi connectivity index (χ1) is 12.8. The summed E-state index contributed by atoms with van der Waals surface area (Å²) in [5.41, 5.74) is 3.03. The summed E-state index contributed by atoms with van der Waals surface area (Å²) in [4.78, 5) is 16.1. The lowest BCUT2D eigenvalue weighted by molar-refractivity contribution is 0.531. The van der Waals surface area contributed by atoms with Gasteiger partial charge in [0.05, 0.1) is 30.3 Å². The molecule has 0 saturated carbocycles. The highest BCUT2D eigenvalue weighted by molar-refractivity contribution is 5.76. The van der Waals surface area contributed by atoms with Crippen LogP contribution in [0.1, 0.15) is 23.6 Å². The number of nitrogens with zero attached hydrogens (tertiary/aromatic N) is 6. The number of nitriles is 1. The Balaban J connectivity index is 1.72. The molecule has 4 aromatic rings. The molecule has 1 unspecified atom stereocenters. The Morgan fingerprint density at radius 1 is 1.27 bits per heavy atom. The first-order valence-corrected chi connectivity index (χ1v) is 7.91. The second kappa shape index (κ2) is 6.50. The molecule has 7 heteroatoms. The summed E-state index contributed by atoms with van der Waals surface area (Å²) in [7, 11) is 0. The van der Waals surface area contributed by atoms with Gasteiger partial charge in [-0.2, -0.15) is 10.4 Å². The fraction of sp³-hybridized carbons (Fsp3) is 0.105. The van der Waals surface area contributed by atoms with Crippen LogP contribution in [-0.2, 0) is 0 Å². The van der Waals surface area contributed by atoms with Gasteiger partial charge in [-0.1, -0.05) is 5.92 Å². The Hall–Kier alpha value is -3.97. The number of rotatable bonds is 4. The van der Waals surface area contributed by atoms with Crippen LogP contribution in [0.5, 0.6) is 0 Å². The molecule has 0 aromatic carbocycles. The quantitative estimate of drug-likeness (QED) is 0.577. The Morgan fingerprint density at radius 3 is 3.04 bits per heavy atom. The number of aromatic nitrogens is 6. The van der Waals surface area contributed by atoms with Crippen LogP contribution in [-0.4, -0.2) is 29.7 Å². The molecule has 0 aliphatic carbocycles. The van der Waals surface area contributed by atoms with Gasteiger partial charge in [-0.25, -0.2) is 9.97 Å². The van der Waals surface area contributed by atoms with Gasteiger partial charge >= 0.3 is 0 Å². The van der Waals surface area contributed by atoms with E-state index < -0.39 is 0 Å². The number of hydrogen-bond donors (Lipinski definition) is 1. The van der Waals surface area contributed by atoms with Crippen LogP contribution in [0.2, 0.25) is 0 Å². The van der Waals surface area contributed by atoms with Crippen molar-refractivity contribution >= 4 is 11.0 Å². The van der Waals surface area contributed by atoms with E-state index in [4.69, 9.17) is 6.42 Å². The zero-order valence-corrected chi connectivity index (χ0v) is 13.7. The van der Waals surface area contributed by atoms with Crippen LogP contribution in [0.4, 0.5) is 0 Å². The van der Waals surface area contributed by atoms with Crippen molar-refractivity contribution in [2.24, 2.45) is 0 Å². The zero-order valence-electron chi connectivity index (χ0n) is 13.7. The van der Waals surface area contributed by atoms with Crippen molar-refractivity contribution in [2.45, 2.75) is 12.5 Å². The second-order valence-electron chi connectivity index (χ2n) is 5.71. The SMILES string of the molecule is C#Cc1cncc(C(CC#N)n2cc(-c3ncc4cc[nH]c4n3)cn2)c1. The third kappa shape index (κ3) is 2.79. The minimum Gasteiger partial charge on any atom is -0.346 e. The van der Waals surface area contributed by atoms with Crippen molar-refractivity contribution in [1.29, 1.82) is 5.26 Å². The number of hydrogen-bond acceptors (Lipinski definition) is 5. The van der Waals surface area contributed by atoms with E-state index >= 15 is 0 Å². The summed E-state index contributed by atoms with van der Waals surface area (Å²) in [6, 6.07) is 5.67. The average Bonchev–Trinajstić information content (AvgIpc) is 3.34. The molecule has 0 bridgehead atoms. The van der Waals surface area contributed by atoms with Crippen molar-refractivity contribution in [2.75, 3.05) is 0 Å². The average molecular weight is 339 g/mol. The lowest BCUT2D eigenvalue weighted by Gasteiger charge is -2.14.